The zero-order valence-corrected chi connectivity index (χ0v) is 8.84. The normalized spacial score (nSPS) is 19.5. The number of thiol groups is 1. The molecular formula is C10H11FO3S. The predicted octanol–water partition coefficient (Wildman–Crippen LogP) is 0.917. The quantitative estimate of drug-likeness (QED) is 0.743. The number of halogens is 1. The maximum absolute atomic E-state index is 13.3. The summed E-state index contributed by atoms with van der Waals surface area (Å²) in [4.78, 5) is 0. The van der Waals surface area contributed by atoms with Gasteiger partial charge in [0, 0.05) is 0 Å². The number of aliphatic hydroxyl groups is 1. The lowest BCUT2D eigenvalue weighted by Crippen LogP contribution is -2.01. The maximum Gasteiger partial charge on any atom is 0.144 e. The largest absolute Gasteiger partial charge is 0.388 e. The van der Waals surface area contributed by atoms with Crippen LogP contribution in [0.2, 0.25) is 0 Å². The van der Waals surface area contributed by atoms with Crippen LogP contribution in [0.25, 0.3) is 0 Å². The molecule has 1 unspecified atom stereocenters. The van der Waals surface area contributed by atoms with Crippen LogP contribution in [0.3, 0.4) is 0 Å². The Balaban J connectivity index is 2.53. The first-order valence-corrected chi connectivity index (χ1v) is 6.06. The number of fused-ring (bicyclic) bond motifs is 1. The Labute approximate surface area is 88.5 Å². The summed E-state index contributed by atoms with van der Waals surface area (Å²) in [5.41, 5.74) is 1.47. The SMILES string of the molecule is O=[SH](=O)Cc1ccc(F)c2c1C(O)CC2. The van der Waals surface area contributed by atoms with Crippen LogP contribution in [0, 0.1) is 5.82 Å². The van der Waals surface area contributed by atoms with Crippen molar-refractivity contribution in [2.24, 2.45) is 0 Å². The maximum atomic E-state index is 13.3. The molecule has 0 bridgehead atoms. The zero-order valence-electron chi connectivity index (χ0n) is 7.94. The average Bonchev–Trinajstić information content (AvgIpc) is 2.54. The monoisotopic (exact) mass is 230 g/mol. The van der Waals surface area contributed by atoms with Gasteiger partial charge in [-0.05, 0) is 35.6 Å². The summed E-state index contributed by atoms with van der Waals surface area (Å²) in [7, 11) is -2.55. The average molecular weight is 230 g/mol. The van der Waals surface area contributed by atoms with Crippen LogP contribution in [0.15, 0.2) is 12.1 Å². The highest BCUT2D eigenvalue weighted by molar-refractivity contribution is 7.71. The molecule has 2 rings (SSSR count). The molecule has 3 nitrogen and oxygen atoms in total. The lowest BCUT2D eigenvalue weighted by molar-refractivity contribution is 0.179. The van der Waals surface area contributed by atoms with Crippen molar-refractivity contribution in [2.75, 3.05) is 0 Å². The van der Waals surface area contributed by atoms with E-state index in [9.17, 15) is 17.9 Å². The summed E-state index contributed by atoms with van der Waals surface area (Å²) in [5, 5.41) is 9.64. The Morgan fingerprint density at radius 1 is 1.47 bits per heavy atom. The molecule has 0 aliphatic heterocycles. The van der Waals surface area contributed by atoms with Crippen molar-refractivity contribution in [1.82, 2.24) is 0 Å². The topological polar surface area (TPSA) is 54.4 Å². The number of hydrogen-bond acceptors (Lipinski definition) is 3. The highest BCUT2D eigenvalue weighted by Crippen LogP contribution is 2.35. The molecule has 0 saturated heterocycles. The molecule has 1 aromatic carbocycles. The molecular weight excluding hydrogens is 219 g/mol. The zero-order chi connectivity index (χ0) is 11.0. The highest BCUT2D eigenvalue weighted by atomic mass is 32.2. The van der Waals surface area contributed by atoms with Crippen LogP contribution >= 0.6 is 0 Å². The minimum absolute atomic E-state index is 0.130. The smallest absolute Gasteiger partial charge is 0.144 e. The fourth-order valence-electron chi connectivity index (χ4n) is 2.06. The van der Waals surface area contributed by atoms with Gasteiger partial charge in [-0.1, -0.05) is 6.07 Å². The van der Waals surface area contributed by atoms with Crippen molar-refractivity contribution in [3.05, 3.63) is 34.6 Å². The van der Waals surface area contributed by atoms with Crippen molar-refractivity contribution >= 4 is 10.7 Å². The molecule has 1 aliphatic rings. The van der Waals surface area contributed by atoms with E-state index in [1.165, 1.54) is 12.1 Å². The summed E-state index contributed by atoms with van der Waals surface area (Å²) in [6.07, 6.45) is 0.228. The minimum Gasteiger partial charge on any atom is -0.388 e. The van der Waals surface area contributed by atoms with Crippen LogP contribution in [0.4, 0.5) is 4.39 Å². The Morgan fingerprint density at radius 2 is 2.20 bits per heavy atom. The molecule has 1 aromatic rings. The van der Waals surface area contributed by atoms with E-state index >= 15 is 0 Å². The van der Waals surface area contributed by atoms with E-state index in [0.29, 0.717) is 29.5 Å². The molecule has 0 radical (unpaired) electrons. The number of benzene rings is 1. The van der Waals surface area contributed by atoms with Gasteiger partial charge in [-0.15, -0.1) is 0 Å². The molecule has 0 spiro atoms. The standard InChI is InChI=1S/C10H11FO3S/c11-8-3-1-6(5-15(13)14)10-7(8)2-4-9(10)12/h1,3,9,12,15H,2,4-5H2. The van der Waals surface area contributed by atoms with Gasteiger partial charge in [0.25, 0.3) is 0 Å². The molecule has 0 fully saturated rings. The van der Waals surface area contributed by atoms with Crippen molar-refractivity contribution in [1.29, 1.82) is 0 Å². The lowest BCUT2D eigenvalue weighted by Gasteiger charge is -2.09. The fourth-order valence-corrected chi connectivity index (χ4v) is 2.61. The highest BCUT2D eigenvalue weighted by Gasteiger charge is 2.26. The van der Waals surface area contributed by atoms with E-state index in [0.717, 1.165) is 0 Å². The van der Waals surface area contributed by atoms with Crippen LogP contribution in [0.5, 0.6) is 0 Å². The van der Waals surface area contributed by atoms with Gasteiger partial charge in [0.05, 0.1) is 11.9 Å². The van der Waals surface area contributed by atoms with Crippen LogP contribution in [-0.4, -0.2) is 13.5 Å². The molecule has 0 amide bonds. The molecule has 1 aliphatic carbocycles. The Kier molecular flexibility index (Phi) is 2.75. The van der Waals surface area contributed by atoms with Crippen molar-refractivity contribution in [3.8, 4) is 0 Å². The predicted molar refractivity (Wildman–Crippen MR) is 53.7 cm³/mol. The van der Waals surface area contributed by atoms with Crippen molar-refractivity contribution in [3.63, 3.8) is 0 Å². The third-order valence-corrected chi connectivity index (χ3v) is 3.29. The van der Waals surface area contributed by atoms with Crippen LogP contribution in [0.1, 0.15) is 29.2 Å². The number of rotatable bonds is 2. The molecule has 15 heavy (non-hydrogen) atoms. The van der Waals surface area contributed by atoms with E-state index in [1.807, 2.05) is 0 Å². The summed E-state index contributed by atoms with van der Waals surface area (Å²) in [5.74, 6) is -0.485. The molecule has 82 valence electrons. The van der Waals surface area contributed by atoms with Crippen LogP contribution in [-0.2, 0) is 22.9 Å². The molecule has 1 atom stereocenters. The molecule has 0 saturated carbocycles. The van der Waals surface area contributed by atoms with Crippen molar-refractivity contribution < 1.29 is 17.9 Å². The Morgan fingerprint density at radius 3 is 2.87 bits per heavy atom. The summed E-state index contributed by atoms with van der Waals surface area (Å²) in [6.45, 7) is 0. The Hall–Kier alpha value is -0.940. The molecule has 5 heteroatoms. The van der Waals surface area contributed by atoms with E-state index in [4.69, 9.17) is 0 Å². The van der Waals surface area contributed by atoms with Gasteiger partial charge in [0.15, 0.2) is 0 Å². The fraction of sp³-hybridized carbons (Fsp3) is 0.400. The minimum atomic E-state index is -2.55. The van der Waals surface area contributed by atoms with Gasteiger partial charge in [-0.3, -0.25) is 0 Å². The van der Waals surface area contributed by atoms with Gasteiger partial charge in [-0.2, -0.15) is 0 Å². The molecule has 0 heterocycles. The summed E-state index contributed by atoms with van der Waals surface area (Å²) >= 11 is 0. The van der Waals surface area contributed by atoms with Crippen molar-refractivity contribution in [2.45, 2.75) is 24.7 Å². The first-order valence-electron chi connectivity index (χ1n) is 4.69. The molecule has 1 N–H and O–H groups in total. The molecule has 0 aromatic heterocycles. The first-order chi connectivity index (χ1) is 7.09. The summed E-state index contributed by atoms with van der Waals surface area (Å²) in [6, 6.07) is 2.71. The van der Waals surface area contributed by atoms with Gasteiger partial charge >= 0.3 is 0 Å². The van der Waals surface area contributed by atoms with E-state index in [2.05, 4.69) is 0 Å². The second kappa shape index (κ2) is 3.90. The number of hydrogen-bond donors (Lipinski definition) is 2. The third kappa shape index (κ3) is 1.89. The van der Waals surface area contributed by atoms with E-state index in [-0.39, 0.29) is 11.6 Å². The lowest BCUT2D eigenvalue weighted by atomic mass is 10.0. The van der Waals surface area contributed by atoms with Crippen LogP contribution < -0.4 is 0 Å². The Bertz CT molecular complexity index is 460. The third-order valence-electron chi connectivity index (χ3n) is 2.69. The first kappa shape index (κ1) is 10.6. The summed E-state index contributed by atoms with van der Waals surface area (Å²) < 4.78 is 34.6. The second-order valence-electron chi connectivity index (χ2n) is 3.64. The second-order valence-corrected chi connectivity index (χ2v) is 4.63. The van der Waals surface area contributed by atoms with Gasteiger partial charge in [0.1, 0.15) is 16.5 Å². The van der Waals surface area contributed by atoms with E-state index < -0.39 is 16.8 Å². The van der Waals surface area contributed by atoms with Gasteiger partial charge in [0.2, 0.25) is 0 Å². The van der Waals surface area contributed by atoms with Gasteiger partial charge in [-0.25, -0.2) is 12.8 Å². The van der Waals surface area contributed by atoms with Gasteiger partial charge < -0.3 is 5.11 Å². The van der Waals surface area contributed by atoms with E-state index in [1.54, 1.807) is 0 Å². The number of aliphatic hydroxyl groups excluding tert-OH is 1.